The van der Waals surface area contributed by atoms with Crippen LogP contribution in [0.3, 0.4) is 0 Å². The van der Waals surface area contributed by atoms with E-state index in [-0.39, 0.29) is 11.3 Å². The van der Waals surface area contributed by atoms with Crippen LogP contribution in [0.5, 0.6) is 5.75 Å². The Kier molecular flexibility index (Phi) is 7.87. The highest BCUT2D eigenvalue weighted by Gasteiger charge is 2.41. The summed E-state index contributed by atoms with van der Waals surface area (Å²) in [5.41, 5.74) is 1.78. The first-order valence-electron chi connectivity index (χ1n) is 10.6. The van der Waals surface area contributed by atoms with Gasteiger partial charge in [0.1, 0.15) is 18.1 Å². The molecule has 0 bridgehead atoms. The zero-order valence-electron chi connectivity index (χ0n) is 18.6. The molecule has 0 aliphatic rings. The first-order chi connectivity index (χ1) is 15.9. The lowest BCUT2D eigenvalue weighted by Crippen LogP contribution is -2.83. The van der Waals surface area contributed by atoms with Crippen molar-refractivity contribution in [2.45, 2.75) is 44.4 Å². The molecule has 0 atom stereocenters. The van der Waals surface area contributed by atoms with Gasteiger partial charge in [0.05, 0.1) is 17.3 Å². The minimum absolute atomic E-state index is 0.0650. The summed E-state index contributed by atoms with van der Waals surface area (Å²) in [6, 6.07) is 10.3. The van der Waals surface area contributed by atoms with E-state index in [0.29, 0.717) is 24.9 Å². The summed E-state index contributed by atoms with van der Waals surface area (Å²) >= 11 is 0. The SMILES string of the molecule is CC(C)S(=O)(=O)n1cc(CC[NH2+]Cc2cccc(OCC(F)(F)C(F)F)c2)c2ccc(F)cc21. The van der Waals surface area contributed by atoms with Gasteiger partial charge in [-0.3, -0.25) is 0 Å². The molecule has 0 saturated carbocycles. The van der Waals surface area contributed by atoms with Crippen molar-refractivity contribution in [3.8, 4) is 5.75 Å². The molecule has 2 aromatic carbocycles. The maximum absolute atomic E-state index is 13.8. The molecule has 3 rings (SSSR count). The Morgan fingerprint density at radius 2 is 1.85 bits per heavy atom. The van der Waals surface area contributed by atoms with Crippen molar-refractivity contribution < 1.29 is 40.4 Å². The number of nitrogens with two attached hydrogens (primary N) is 1. The molecular formula is C23H26F5N2O3S+. The minimum Gasteiger partial charge on any atom is -0.487 e. The van der Waals surface area contributed by atoms with Crippen LogP contribution in [0.2, 0.25) is 0 Å². The molecule has 11 heteroatoms. The van der Waals surface area contributed by atoms with Gasteiger partial charge in [0.25, 0.3) is 0 Å². The summed E-state index contributed by atoms with van der Waals surface area (Å²) in [4.78, 5) is 0. The van der Waals surface area contributed by atoms with Crippen molar-refractivity contribution in [2.24, 2.45) is 0 Å². The lowest BCUT2D eigenvalue weighted by atomic mass is 10.1. The predicted molar refractivity (Wildman–Crippen MR) is 118 cm³/mol. The summed E-state index contributed by atoms with van der Waals surface area (Å²) in [5.74, 6) is -4.69. The van der Waals surface area contributed by atoms with Crippen LogP contribution >= 0.6 is 0 Å². The molecule has 0 aliphatic heterocycles. The van der Waals surface area contributed by atoms with E-state index >= 15 is 0 Å². The number of hydrogen-bond acceptors (Lipinski definition) is 3. The molecule has 1 heterocycles. The van der Waals surface area contributed by atoms with Gasteiger partial charge < -0.3 is 10.1 Å². The lowest BCUT2D eigenvalue weighted by molar-refractivity contribution is -0.670. The first-order valence-corrected chi connectivity index (χ1v) is 12.2. The van der Waals surface area contributed by atoms with Gasteiger partial charge in [-0.15, -0.1) is 0 Å². The Hall–Kier alpha value is -2.66. The van der Waals surface area contributed by atoms with Crippen molar-refractivity contribution in [3.63, 3.8) is 0 Å². The number of benzene rings is 2. The maximum atomic E-state index is 13.8. The van der Waals surface area contributed by atoms with Crippen molar-refractivity contribution in [1.29, 1.82) is 0 Å². The number of fused-ring (bicyclic) bond motifs is 1. The second kappa shape index (κ2) is 10.3. The van der Waals surface area contributed by atoms with Crippen molar-refractivity contribution in [3.05, 3.63) is 65.6 Å². The summed E-state index contributed by atoms with van der Waals surface area (Å²) in [5, 5.41) is 1.89. The van der Waals surface area contributed by atoms with Gasteiger partial charge in [0.15, 0.2) is 6.61 Å². The Morgan fingerprint density at radius 3 is 2.53 bits per heavy atom. The van der Waals surface area contributed by atoms with Gasteiger partial charge in [-0.25, -0.2) is 25.6 Å². The second-order valence-electron chi connectivity index (χ2n) is 8.23. The lowest BCUT2D eigenvalue weighted by Gasteiger charge is -2.16. The standard InChI is InChI=1S/C23H25F5N2O3S/c1-15(2)34(31,32)30-13-17(20-7-6-18(24)11-21(20)30)8-9-29-12-16-4-3-5-19(10-16)33-14-23(27,28)22(25)26/h3-7,10-11,13,15,22,29H,8-9,12,14H2,1-2H3/p+1. The number of rotatable bonds is 11. The summed E-state index contributed by atoms with van der Waals surface area (Å²) in [6.45, 7) is 2.72. The molecule has 0 aliphatic carbocycles. The fourth-order valence-corrected chi connectivity index (χ4v) is 4.56. The zero-order valence-corrected chi connectivity index (χ0v) is 19.5. The Labute approximate surface area is 194 Å². The quantitative estimate of drug-likeness (QED) is 0.317. The fourth-order valence-electron chi connectivity index (χ4n) is 3.41. The number of ether oxygens (including phenoxy) is 1. The average molecular weight is 506 g/mol. The second-order valence-corrected chi connectivity index (χ2v) is 10.6. The van der Waals surface area contributed by atoms with Crippen LogP contribution in [0.15, 0.2) is 48.7 Å². The number of aromatic nitrogens is 1. The first kappa shape index (κ1) is 26.0. The third-order valence-electron chi connectivity index (χ3n) is 5.33. The third-order valence-corrected chi connectivity index (χ3v) is 7.37. The van der Waals surface area contributed by atoms with Crippen LogP contribution in [-0.2, 0) is 23.0 Å². The van der Waals surface area contributed by atoms with E-state index in [1.807, 2.05) is 5.32 Å². The smallest absolute Gasteiger partial charge is 0.340 e. The monoisotopic (exact) mass is 505 g/mol. The molecule has 1 aromatic heterocycles. The highest BCUT2D eigenvalue weighted by molar-refractivity contribution is 7.90. The van der Waals surface area contributed by atoms with Crippen LogP contribution in [0.4, 0.5) is 22.0 Å². The molecule has 34 heavy (non-hydrogen) atoms. The molecule has 3 aromatic rings. The molecule has 0 radical (unpaired) electrons. The number of hydrogen-bond donors (Lipinski definition) is 1. The van der Waals surface area contributed by atoms with Crippen molar-refractivity contribution >= 4 is 20.9 Å². The van der Waals surface area contributed by atoms with Crippen LogP contribution in [0, 0.1) is 5.82 Å². The normalized spacial score (nSPS) is 12.7. The molecule has 186 valence electrons. The fraction of sp³-hybridized carbons (Fsp3) is 0.391. The largest absolute Gasteiger partial charge is 0.487 e. The summed E-state index contributed by atoms with van der Waals surface area (Å²) in [7, 11) is -3.67. The Morgan fingerprint density at radius 1 is 1.12 bits per heavy atom. The van der Waals surface area contributed by atoms with E-state index < -0.39 is 40.0 Å². The number of alkyl halides is 4. The predicted octanol–water partition coefficient (Wildman–Crippen LogP) is 3.95. The summed E-state index contributed by atoms with van der Waals surface area (Å²) < 4.78 is 95.8. The van der Waals surface area contributed by atoms with Gasteiger partial charge in [-0.1, -0.05) is 12.1 Å². The Balaban J connectivity index is 1.65. The molecule has 0 saturated heterocycles. The van der Waals surface area contributed by atoms with Crippen molar-refractivity contribution in [1.82, 2.24) is 3.97 Å². The average Bonchev–Trinajstić information content (AvgIpc) is 3.13. The van der Waals surface area contributed by atoms with E-state index in [4.69, 9.17) is 4.74 Å². The molecule has 2 N–H and O–H groups in total. The topological polar surface area (TPSA) is 64.9 Å². The van der Waals surface area contributed by atoms with Gasteiger partial charge >= 0.3 is 12.3 Å². The number of halogens is 5. The number of quaternary nitrogens is 1. The van der Waals surface area contributed by atoms with Gasteiger partial charge in [-0.2, -0.15) is 8.78 Å². The van der Waals surface area contributed by atoms with E-state index in [9.17, 15) is 30.4 Å². The minimum atomic E-state index is -4.23. The van der Waals surface area contributed by atoms with Crippen LogP contribution in [0.25, 0.3) is 10.9 Å². The van der Waals surface area contributed by atoms with Gasteiger partial charge in [-0.05, 0) is 49.7 Å². The van der Waals surface area contributed by atoms with Crippen LogP contribution < -0.4 is 10.1 Å². The highest BCUT2D eigenvalue weighted by Crippen LogP contribution is 2.26. The maximum Gasteiger partial charge on any atom is 0.340 e. The van der Waals surface area contributed by atoms with Gasteiger partial charge in [0, 0.05) is 23.6 Å². The van der Waals surface area contributed by atoms with E-state index in [1.54, 1.807) is 32.0 Å². The van der Waals surface area contributed by atoms with E-state index in [1.165, 1.54) is 30.5 Å². The third kappa shape index (κ3) is 5.87. The van der Waals surface area contributed by atoms with Crippen LogP contribution in [-0.4, -0.2) is 43.1 Å². The zero-order chi connectivity index (χ0) is 25.1. The molecule has 5 nitrogen and oxygen atoms in total. The van der Waals surface area contributed by atoms with Gasteiger partial charge in [0.2, 0.25) is 10.0 Å². The molecule has 0 amide bonds. The summed E-state index contributed by atoms with van der Waals surface area (Å²) in [6.07, 6.45) is -1.79. The molecule has 0 spiro atoms. The van der Waals surface area contributed by atoms with Crippen LogP contribution in [0.1, 0.15) is 25.0 Å². The molecule has 0 unspecified atom stereocenters. The highest BCUT2D eigenvalue weighted by atomic mass is 32.2. The Bertz CT molecular complexity index is 1240. The van der Waals surface area contributed by atoms with E-state index in [0.717, 1.165) is 15.1 Å². The van der Waals surface area contributed by atoms with E-state index in [2.05, 4.69) is 0 Å². The molecule has 0 fully saturated rings. The number of nitrogens with zero attached hydrogens (tertiary/aromatic N) is 1. The molecular weight excluding hydrogens is 479 g/mol. The van der Waals surface area contributed by atoms with Crippen molar-refractivity contribution in [2.75, 3.05) is 13.2 Å².